The van der Waals surface area contributed by atoms with E-state index < -0.39 is 34.1 Å². The lowest BCUT2D eigenvalue weighted by Gasteiger charge is -2.35. The highest BCUT2D eigenvalue weighted by molar-refractivity contribution is 9.10. The van der Waals surface area contributed by atoms with Crippen molar-refractivity contribution < 1.29 is 27.5 Å². The van der Waals surface area contributed by atoms with Gasteiger partial charge in [0.05, 0.1) is 24.8 Å². The number of nitrogens with one attached hydrogen (secondary N) is 1. The van der Waals surface area contributed by atoms with Crippen LogP contribution in [0.2, 0.25) is 5.02 Å². The molecule has 254 valence electrons. The Balaban J connectivity index is 1.83. The molecule has 0 aliphatic heterocycles. The van der Waals surface area contributed by atoms with E-state index in [-0.39, 0.29) is 35.2 Å². The van der Waals surface area contributed by atoms with Gasteiger partial charge in [-0.2, -0.15) is 0 Å². The van der Waals surface area contributed by atoms with Crippen molar-refractivity contribution in [1.29, 1.82) is 0 Å². The second-order valence-electron chi connectivity index (χ2n) is 12.1. The average Bonchev–Trinajstić information content (AvgIpc) is 3.05. The first kappa shape index (κ1) is 36.8. The lowest BCUT2D eigenvalue weighted by molar-refractivity contribution is -0.140. The topological polar surface area (TPSA) is 105 Å². The van der Waals surface area contributed by atoms with Gasteiger partial charge in [0.1, 0.15) is 12.6 Å². The Labute approximate surface area is 296 Å². The van der Waals surface area contributed by atoms with Crippen LogP contribution in [-0.4, -0.2) is 57.5 Å². The van der Waals surface area contributed by atoms with Crippen molar-refractivity contribution in [1.82, 2.24) is 10.2 Å². The number of ether oxygens (including phenoxy) is 2. The predicted molar refractivity (Wildman–Crippen MR) is 192 cm³/mol. The number of carbonyl (C=O) groups is 2. The summed E-state index contributed by atoms with van der Waals surface area (Å²) < 4.78 is 41.3. The zero-order valence-electron chi connectivity index (χ0n) is 27.4. The molecular formula is C36H39BrClN3O6S. The van der Waals surface area contributed by atoms with Crippen molar-refractivity contribution in [3.8, 4) is 11.5 Å². The molecule has 1 atom stereocenters. The highest BCUT2D eigenvalue weighted by atomic mass is 79.9. The molecular weight excluding hydrogens is 718 g/mol. The quantitative estimate of drug-likeness (QED) is 0.160. The van der Waals surface area contributed by atoms with Crippen molar-refractivity contribution >= 4 is 55.1 Å². The molecule has 48 heavy (non-hydrogen) atoms. The van der Waals surface area contributed by atoms with Crippen LogP contribution in [0.4, 0.5) is 5.69 Å². The van der Waals surface area contributed by atoms with Gasteiger partial charge < -0.3 is 19.7 Å². The lowest BCUT2D eigenvalue weighted by Crippen LogP contribution is -2.56. The maximum atomic E-state index is 14.6. The van der Waals surface area contributed by atoms with Crippen LogP contribution < -0.4 is 19.1 Å². The van der Waals surface area contributed by atoms with Crippen LogP contribution in [0.15, 0.2) is 106 Å². The number of hydrogen-bond donors (Lipinski definition) is 1. The first-order valence-electron chi connectivity index (χ1n) is 15.1. The number of anilines is 1. The van der Waals surface area contributed by atoms with Crippen molar-refractivity contribution in [2.24, 2.45) is 0 Å². The molecule has 0 heterocycles. The normalized spacial score (nSPS) is 12.1. The van der Waals surface area contributed by atoms with E-state index in [1.165, 1.54) is 49.5 Å². The summed E-state index contributed by atoms with van der Waals surface area (Å²) in [5, 5.41) is 3.42. The molecule has 9 nitrogen and oxygen atoms in total. The fourth-order valence-electron chi connectivity index (χ4n) is 5.03. The van der Waals surface area contributed by atoms with Crippen LogP contribution >= 0.6 is 27.5 Å². The number of nitrogens with zero attached hydrogens (tertiary/aromatic N) is 2. The summed E-state index contributed by atoms with van der Waals surface area (Å²) in [6.45, 7) is 5.03. The largest absolute Gasteiger partial charge is 0.493 e. The molecule has 1 N–H and O–H groups in total. The van der Waals surface area contributed by atoms with Gasteiger partial charge in [0, 0.05) is 34.1 Å². The number of benzene rings is 4. The lowest BCUT2D eigenvalue weighted by atomic mass is 10.0. The fourth-order valence-corrected chi connectivity index (χ4v) is 6.85. The molecule has 0 radical (unpaired) electrons. The van der Waals surface area contributed by atoms with Crippen molar-refractivity contribution in [3.63, 3.8) is 0 Å². The third kappa shape index (κ3) is 9.52. The molecule has 0 saturated heterocycles. The third-order valence-electron chi connectivity index (χ3n) is 7.37. The molecule has 0 spiro atoms. The van der Waals surface area contributed by atoms with E-state index >= 15 is 0 Å². The maximum absolute atomic E-state index is 14.6. The number of hydrogen-bond acceptors (Lipinski definition) is 6. The molecule has 4 rings (SSSR count). The van der Waals surface area contributed by atoms with E-state index in [0.29, 0.717) is 10.8 Å². The van der Waals surface area contributed by atoms with Gasteiger partial charge in [-0.25, -0.2) is 8.42 Å². The van der Waals surface area contributed by atoms with Crippen molar-refractivity contribution in [2.45, 2.75) is 50.2 Å². The van der Waals surface area contributed by atoms with Gasteiger partial charge in [0.15, 0.2) is 11.5 Å². The first-order chi connectivity index (χ1) is 22.7. The number of carbonyl (C=O) groups excluding carboxylic acids is 2. The number of methoxy groups -OCH3 is 2. The monoisotopic (exact) mass is 755 g/mol. The third-order valence-corrected chi connectivity index (χ3v) is 9.92. The highest BCUT2D eigenvalue weighted by Crippen LogP contribution is 2.33. The summed E-state index contributed by atoms with van der Waals surface area (Å²) in [5.41, 5.74) is 1.22. The van der Waals surface area contributed by atoms with Gasteiger partial charge >= 0.3 is 0 Å². The Morgan fingerprint density at radius 3 is 2.06 bits per heavy atom. The number of amides is 2. The smallest absolute Gasteiger partial charge is 0.264 e. The van der Waals surface area contributed by atoms with Crippen molar-refractivity contribution in [2.75, 3.05) is 25.1 Å². The van der Waals surface area contributed by atoms with Gasteiger partial charge in [-0.15, -0.1) is 0 Å². The van der Waals surface area contributed by atoms with Crippen LogP contribution in [0, 0.1) is 0 Å². The Hall–Kier alpha value is -4.06. The molecule has 0 aliphatic rings. The van der Waals surface area contributed by atoms with Gasteiger partial charge in [0.2, 0.25) is 11.8 Å². The zero-order valence-corrected chi connectivity index (χ0v) is 30.6. The molecule has 0 aliphatic carbocycles. The molecule has 0 saturated carbocycles. The number of rotatable bonds is 13. The van der Waals surface area contributed by atoms with Gasteiger partial charge in [-0.1, -0.05) is 70.0 Å². The van der Waals surface area contributed by atoms with Gasteiger partial charge in [0.25, 0.3) is 10.0 Å². The number of sulfonamides is 1. The van der Waals surface area contributed by atoms with E-state index in [1.54, 1.807) is 12.1 Å². The average molecular weight is 757 g/mol. The minimum absolute atomic E-state index is 0.0477. The van der Waals surface area contributed by atoms with Gasteiger partial charge in [-0.05, 0) is 80.4 Å². The maximum Gasteiger partial charge on any atom is 0.264 e. The standard InChI is InChI=1S/C36H39BrClN3O6S/c1-36(2,3)39-35(43)31(21-25-9-7-6-8-10-25)40(23-26-11-13-27(37)14-12-26)34(42)24-41(29-17-15-28(38)16-18-29)48(44,45)30-19-20-32(46-4)33(22-30)47-5/h6-20,22,31H,21,23-24H2,1-5H3,(H,39,43)/t31-/m0/s1. The van der Waals surface area contributed by atoms with Crippen LogP contribution in [0.25, 0.3) is 0 Å². The Morgan fingerprint density at radius 1 is 0.854 bits per heavy atom. The zero-order chi connectivity index (χ0) is 35.1. The second-order valence-corrected chi connectivity index (χ2v) is 15.3. The van der Waals surface area contributed by atoms with Crippen molar-refractivity contribution in [3.05, 3.63) is 118 Å². The van der Waals surface area contributed by atoms with Gasteiger partial charge in [-0.3, -0.25) is 13.9 Å². The molecule has 0 aromatic heterocycles. The van der Waals surface area contributed by atoms with Crippen LogP contribution in [0.1, 0.15) is 31.9 Å². The molecule has 0 unspecified atom stereocenters. The summed E-state index contributed by atoms with van der Waals surface area (Å²) in [4.78, 5) is 30.0. The summed E-state index contributed by atoms with van der Waals surface area (Å²) in [6, 6.07) is 26.2. The van der Waals surface area contributed by atoms with E-state index in [2.05, 4.69) is 21.2 Å². The minimum atomic E-state index is -4.36. The molecule has 0 fully saturated rings. The van der Waals surface area contributed by atoms with E-state index in [9.17, 15) is 18.0 Å². The minimum Gasteiger partial charge on any atom is -0.493 e. The summed E-state index contributed by atoms with van der Waals surface area (Å²) in [5.74, 6) is -0.390. The molecule has 4 aromatic rings. The molecule has 2 amide bonds. The summed E-state index contributed by atoms with van der Waals surface area (Å²) in [7, 11) is -1.51. The Kier molecular flexibility index (Phi) is 12.2. The Bertz CT molecular complexity index is 1820. The molecule has 0 bridgehead atoms. The first-order valence-corrected chi connectivity index (χ1v) is 17.7. The van der Waals surface area contributed by atoms with Crippen LogP contribution in [-0.2, 0) is 32.6 Å². The molecule has 12 heteroatoms. The van der Waals surface area contributed by atoms with E-state index in [1.807, 2.05) is 75.4 Å². The van der Waals surface area contributed by atoms with Crippen LogP contribution in [0.3, 0.4) is 0 Å². The Morgan fingerprint density at radius 2 is 1.48 bits per heavy atom. The van der Waals surface area contributed by atoms with E-state index in [0.717, 1.165) is 19.9 Å². The second kappa shape index (κ2) is 15.9. The van der Waals surface area contributed by atoms with E-state index in [4.69, 9.17) is 21.1 Å². The fraction of sp³-hybridized carbons (Fsp3) is 0.278. The SMILES string of the molecule is COc1ccc(S(=O)(=O)N(CC(=O)N(Cc2ccc(Br)cc2)[C@@H](Cc2ccccc2)C(=O)NC(C)(C)C)c2ccc(Cl)cc2)cc1OC. The summed E-state index contributed by atoms with van der Waals surface area (Å²) >= 11 is 9.62. The highest BCUT2D eigenvalue weighted by Gasteiger charge is 2.36. The summed E-state index contributed by atoms with van der Waals surface area (Å²) in [6.07, 6.45) is 0.203. The molecule has 4 aromatic carbocycles. The number of halogens is 2. The predicted octanol–water partition coefficient (Wildman–Crippen LogP) is 6.87. The van der Waals surface area contributed by atoms with Crippen LogP contribution in [0.5, 0.6) is 11.5 Å².